The molecule has 1 aliphatic carbocycles. The van der Waals surface area contributed by atoms with Crippen LogP contribution in [0.5, 0.6) is 0 Å². The Morgan fingerprint density at radius 3 is 2.52 bits per heavy atom. The molecule has 0 spiro atoms. The van der Waals surface area contributed by atoms with E-state index in [0.717, 1.165) is 5.92 Å². The number of nitrogens with one attached hydrogen (secondary N) is 1. The Hall–Kier alpha value is -1.25. The first-order valence-corrected chi connectivity index (χ1v) is 8.91. The molecule has 2 aliphatic rings. The summed E-state index contributed by atoms with van der Waals surface area (Å²) in [5, 5.41) is 3.90. The molecule has 0 saturated heterocycles. The van der Waals surface area contributed by atoms with E-state index in [9.17, 15) is 0 Å². The maximum Gasteiger partial charge on any atom is 0.0341 e. The molecule has 2 aromatic carbocycles. The van der Waals surface area contributed by atoms with Crippen LogP contribution in [-0.2, 0) is 0 Å². The van der Waals surface area contributed by atoms with Gasteiger partial charge in [-0.2, -0.15) is 0 Å². The van der Waals surface area contributed by atoms with E-state index in [1.807, 2.05) is 11.8 Å². The summed E-state index contributed by atoms with van der Waals surface area (Å²) in [7, 11) is 0. The molecule has 1 atom stereocenters. The number of benzene rings is 2. The van der Waals surface area contributed by atoms with Gasteiger partial charge in [0.25, 0.3) is 0 Å². The van der Waals surface area contributed by atoms with Crippen molar-refractivity contribution in [3.8, 4) is 0 Å². The maximum atomic E-state index is 3.90. The molecule has 2 heteroatoms. The summed E-state index contributed by atoms with van der Waals surface area (Å²) in [5.41, 5.74) is 3.02. The van der Waals surface area contributed by atoms with Crippen molar-refractivity contribution in [3.05, 3.63) is 65.7 Å². The molecular weight excluding hydrogens is 274 g/mol. The lowest BCUT2D eigenvalue weighted by Crippen LogP contribution is -2.42. The van der Waals surface area contributed by atoms with Gasteiger partial charge in [0.15, 0.2) is 0 Å². The molecule has 1 nitrogen and oxygen atoms in total. The number of rotatable bonds is 3. The summed E-state index contributed by atoms with van der Waals surface area (Å²) >= 11 is 2.00. The highest BCUT2D eigenvalue weighted by Gasteiger charge is 2.32. The summed E-state index contributed by atoms with van der Waals surface area (Å²) in [5.74, 6) is 2.00. The fourth-order valence-corrected chi connectivity index (χ4v) is 4.68. The Morgan fingerprint density at radius 2 is 1.67 bits per heavy atom. The van der Waals surface area contributed by atoms with Crippen molar-refractivity contribution in [3.63, 3.8) is 0 Å². The fourth-order valence-electron chi connectivity index (χ4n) is 3.55. The molecule has 1 unspecified atom stereocenters. The molecule has 108 valence electrons. The van der Waals surface area contributed by atoms with Gasteiger partial charge in [-0.3, -0.25) is 0 Å². The van der Waals surface area contributed by atoms with Gasteiger partial charge >= 0.3 is 0 Å². The van der Waals surface area contributed by atoms with Crippen molar-refractivity contribution >= 4 is 11.8 Å². The minimum Gasteiger partial charge on any atom is -0.307 e. The third kappa shape index (κ3) is 2.75. The molecule has 1 aliphatic heterocycles. The van der Waals surface area contributed by atoms with Crippen LogP contribution in [0.1, 0.15) is 42.3 Å². The van der Waals surface area contributed by atoms with E-state index in [1.54, 1.807) is 0 Å². The van der Waals surface area contributed by atoms with Crippen LogP contribution in [0.4, 0.5) is 0 Å². The molecule has 1 saturated carbocycles. The summed E-state index contributed by atoms with van der Waals surface area (Å²) in [4.78, 5) is 1.47. The molecule has 0 amide bonds. The van der Waals surface area contributed by atoms with Gasteiger partial charge in [0.2, 0.25) is 0 Å². The zero-order valence-electron chi connectivity index (χ0n) is 12.2. The molecule has 1 N–H and O–H groups in total. The number of hydrogen-bond donors (Lipinski definition) is 1. The Kier molecular flexibility index (Phi) is 3.74. The second-order valence-corrected chi connectivity index (χ2v) is 7.31. The van der Waals surface area contributed by atoms with Gasteiger partial charge in [-0.1, -0.05) is 48.5 Å². The molecule has 4 rings (SSSR count). The fraction of sp³-hybridized carbons (Fsp3) is 0.368. The highest BCUT2D eigenvalue weighted by atomic mass is 32.2. The standard InChI is InChI=1S/C19H21NS/c1-2-6-14(7-3-1)15-12-16(13-15)20-18-10-11-21-19-9-5-4-8-17(18)19/h1-9,15-16,18,20H,10-13H2. The SMILES string of the molecule is c1ccc(C2CC(NC3CCSc4ccccc43)C2)cc1. The Morgan fingerprint density at radius 1 is 0.905 bits per heavy atom. The first-order valence-electron chi connectivity index (χ1n) is 7.93. The van der Waals surface area contributed by atoms with Crippen LogP contribution in [0.25, 0.3) is 0 Å². The van der Waals surface area contributed by atoms with E-state index in [4.69, 9.17) is 0 Å². The van der Waals surface area contributed by atoms with Gasteiger partial charge in [0, 0.05) is 17.0 Å². The zero-order valence-corrected chi connectivity index (χ0v) is 13.0. The topological polar surface area (TPSA) is 12.0 Å². The number of hydrogen-bond acceptors (Lipinski definition) is 2. The number of thioether (sulfide) groups is 1. The molecule has 1 fully saturated rings. The van der Waals surface area contributed by atoms with Gasteiger partial charge in [0.05, 0.1) is 0 Å². The lowest BCUT2D eigenvalue weighted by atomic mass is 9.75. The molecule has 0 radical (unpaired) electrons. The second kappa shape index (κ2) is 5.86. The van der Waals surface area contributed by atoms with E-state index in [2.05, 4.69) is 59.9 Å². The maximum absolute atomic E-state index is 3.90. The van der Waals surface area contributed by atoms with Crippen LogP contribution >= 0.6 is 11.8 Å². The lowest BCUT2D eigenvalue weighted by Gasteiger charge is -2.40. The third-order valence-corrected chi connectivity index (χ3v) is 5.93. The largest absolute Gasteiger partial charge is 0.307 e. The van der Waals surface area contributed by atoms with Crippen LogP contribution < -0.4 is 5.32 Å². The summed E-state index contributed by atoms with van der Waals surface area (Å²) in [6, 6.07) is 21.1. The molecule has 1 heterocycles. The molecular formula is C19H21NS. The summed E-state index contributed by atoms with van der Waals surface area (Å²) in [6.45, 7) is 0. The van der Waals surface area contributed by atoms with E-state index < -0.39 is 0 Å². The summed E-state index contributed by atoms with van der Waals surface area (Å²) < 4.78 is 0. The van der Waals surface area contributed by atoms with E-state index in [0.29, 0.717) is 12.1 Å². The number of fused-ring (bicyclic) bond motifs is 1. The van der Waals surface area contributed by atoms with E-state index in [1.165, 1.54) is 41.0 Å². The van der Waals surface area contributed by atoms with Crippen molar-refractivity contribution in [1.29, 1.82) is 0 Å². The van der Waals surface area contributed by atoms with Crippen LogP contribution in [0.2, 0.25) is 0 Å². The van der Waals surface area contributed by atoms with Crippen LogP contribution in [0, 0.1) is 0 Å². The Bertz CT molecular complexity index is 604. The highest BCUT2D eigenvalue weighted by molar-refractivity contribution is 7.99. The Balaban J connectivity index is 1.39. The van der Waals surface area contributed by atoms with Crippen molar-refractivity contribution in [2.75, 3.05) is 5.75 Å². The smallest absolute Gasteiger partial charge is 0.0341 e. The Labute approximate surface area is 131 Å². The van der Waals surface area contributed by atoms with Gasteiger partial charge in [-0.05, 0) is 48.1 Å². The quantitative estimate of drug-likeness (QED) is 0.876. The van der Waals surface area contributed by atoms with Gasteiger partial charge < -0.3 is 5.32 Å². The van der Waals surface area contributed by atoms with E-state index >= 15 is 0 Å². The average Bonchev–Trinajstić information content (AvgIpc) is 2.51. The van der Waals surface area contributed by atoms with Crippen molar-refractivity contribution in [2.24, 2.45) is 0 Å². The van der Waals surface area contributed by atoms with Crippen LogP contribution in [0.15, 0.2) is 59.5 Å². The molecule has 2 aromatic rings. The normalized spacial score (nSPS) is 27.7. The first-order chi connectivity index (χ1) is 10.4. The molecule has 0 bridgehead atoms. The van der Waals surface area contributed by atoms with E-state index in [-0.39, 0.29) is 0 Å². The van der Waals surface area contributed by atoms with Gasteiger partial charge in [0.1, 0.15) is 0 Å². The van der Waals surface area contributed by atoms with Gasteiger partial charge in [-0.25, -0.2) is 0 Å². The zero-order chi connectivity index (χ0) is 14.1. The third-order valence-electron chi connectivity index (χ3n) is 4.80. The molecule has 21 heavy (non-hydrogen) atoms. The predicted octanol–water partition coefficient (Wildman–Crippen LogP) is 4.76. The lowest BCUT2D eigenvalue weighted by molar-refractivity contribution is 0.261. The van der Waals surface area contributed by atoms with Gasteiger partial charge in [-0.15, -0.1) is 11.8 Å². The average molecular weight is 295 g/mol. The van der Waals surface area contributed by atoms with Crippen molar-refractivity contribution < 1.29 is 0 Å². The molecule has 0 aromatic heterocycles. The minimum absolute atomic E-state index is 0.559. The monoisotopic (exact) mass is 295 g/mol. The summed E-state index contributed by atoms with van der Waals surface area (Å²) in [6.07, 6.45) is 3.83. The van der Waals surface area contributed by atoms with Crippen LogP contribution in [0.3, 0.4) is 0 Å². The van der Waals surface area contributed by atoms with Crippen molar-refractivity contribution in [1.82, 2.24) is 5.32 Å². The van der Waals surface area contributed by atoms with Crippen molar-refractivity contribution in [2.45, 2.75) is 42.2 Å². The minimum atomic E-state index is 0.559. The highest BCUT2D eigenvalue weighted by Crippen LogP contribution is 2.41. The first kappa shape index (κ1) is 13.4. The van der Waals surface area contributed by atoms with Crippen LogP contribution in [-0.4, -0.2) is 11.8 Å². The predicted molar refractivity (Wildman–Crippen MR) is 89.9 cm³/mol. The second-order valence-electron chi connectivity index (χ2n) is 6.17.